The van der Waals surface area contributed by atoms with Crippen molar-refractivity contribution < 1.29 is 23.9 Å². The minimum atomic E-state index is -0.641. The van der Waals surface area contributed by atoms with E-state index in [1.807, 2.05) is 6.07 Å². The molecule has 0 aromatic heterocycles. The van der Waals surface area contributed by atoms with E-state index in [1.54, 1.807) is 30.3 Å². The van der Waals surface area contributed by atoms with Crippen LogP contribution in [-0.4, -0.2) is 32.1 Å². The summed E-state index contributed by atoms with van der Waals surface area (Å²) in [5, 5.41) is 4.68. The van der Waals surface area contributed by atoms with Gasteiger partial charge in [-0.2, -0.15) is 0 Å². The first kappa shape index (κ1) is 19.4. The van der Waals surface area contributed by atoms with Crippen LogP contribution < -0.4 is 5.32 Å². The van der Waals surface area contributed by atoms with Crippen molar-refractivity contribution in [2.45, 2.75) is 0 Å². The molecule has 0 saturated carbocycles. The van der Waals surface area contributed by atoms with E-state index in [-0.39, 0.29) is 16.8 Å². The van der Waals surface area contributed by atoms with Crippen molar-refractivity contribution in [1.29, 1.82) is 0 Å². The molecule has 0 fully saturated rings. The molecule has 7 heteroatoms. The SMILES string of the molecule is COC(=O)c1cc(NC(=O)c2cccc3c(Cl)cccc23)cc(C(=O)OC)c1. The second kappa shape index (κ2) is 8.10. The fourth-order valence-corrected chi connectivity index (χ4v) is 3.08. The van der Waals surface area contributed by atoms with Crippen molar-refractivity contribution in [3.8, 4) is 0 Å². The van der Waals surface area contributed by atoms with E-state index in [0.717, 1.165) is 5.39 Å². The van der Waals surface area contributed by atoms with Crippen molar-refractivity contribution in [3.63, 3.8) is 0 Å². The fraction of sp³-hybridized carbons (Fsp3) is 0.0952. The molecule has 0 aliphatic carbocycles. The van der Waals surface area contributed by atoms with Gasteiger partial charge in [0.15, 0.2) is 0 Å². The molecule has 0 atom stereocenters. The van der Waals surface area contributed by atoms with Gasteiger partial charge in [0.05, 0.1) is 25.3 Å². The molecule has 142 valence electrons. The van der Waals surface area contributed by atoms with E-state index in [9.17, 15) is 14.4 Å². The van der Waals surface area contributed by atoms with E-state index < -0.39 is 17.8 Å². The normalized spacial score (nSPS) is 10.4. The number of carbonyl (C=O) groups excluding carboxylic acids is 3. The number of halogens is 1. The van der Waals surface area contributed by atoms with E-state index >= 15 is 0 Å². The first-order valence-electron chi connectivity index (χ1n) is 8.25. The highest BCUT2D eigenvalue weighted by Gasteiger charge is 2.16. The summed E-state index contributed by atoms with van der Waals surface area (Å²) >= 11 is 6.20. The number of rotatable bonds is 4. The van der Waals surface area contributed by atoms with Crippen LogP contribution in [0.15, 0.2) is 54.6 Å². The van der Waals surface area contributed by atoms with Gasteiger partial charge >= 0.3 is 11.9 Å². The summed E-state index contributed by atoms with van der Waals surface area (Å²) in [6.07, 6.45) is 0. The smallest absolute Gasteiger partial charge is 0.337 e. The number of nitrogens with one attached hydrogen (secondary N) is 1. The molecule has 6 nitrogen and oxygen atoms in total. The molecule has 1 N–H and O–H groups in total. The van der Waals surface area contributed by atoms with Gasteiger partial charge in [0.25, 0.3) is 5.91 Å². The van der Waals surface area contributed by atoms with Crippen LogP contribution in [0.2, 0.25) is 5.02 Å². The predicted molar refractivity (Wildman–Crippen MR) is 106 cm³/mol. The highest BCUT2D eigenvalue weighted by atomic mass is 35.5. The number of carbonyl (C=O) groups is 3. The van der Waals surface area contributed by atoms with Gasteiger partial charge < -0.3 is 14.8 Å². The Balaban J connectivity index is 2.01. The number of anilines is 1. The highest BCUT2D eigenvalue weighted by Crippen LogP contribution is 2.27. The Bertz CT molecular complexity index is 1060. The predicted octanol–water partition coefficient (Wildman–Crippen LogP) is 4.32. The number of hydrogen-bond donors (Lipinski definition) is 1. The molecule has 0 bridgehead atoms. The highest BCUT2D eigenvalue weighted by molar-refractivity contribution is 6.36. The average molecular weight is 398 g/mol. The molecule has 0 heterocycles. The average Bonchev–Trinajstić information content (AvgIpc) is 2.72. The molecule has 3 aromatic rings. The van der Waals surface area contributed by atoms with Gasteiger partial charge in [0.2, 0.25) is 0 Å². The molecule has 3 rings (SSSR count). The minimum absolute atomic E-state index is 0.113. The molecule has 0 spiro atoms. The van der Waals surface area contributed by atoms with Crippen molar-refractivity contribution >= 4 is 45.9 Å². The number of benzene rings is 3. The van der Waals surface area contributed by atoms with Crippen LogP contribution >= 0.6 is 11.6 Å². The van der Waals surface area contributed by atoms with Gasteiger partial charge in [-0.15, -0.1) is 0 Å². The van der Waals surface area contributed by atoms with E-state index in [2.05, 4.69) is 5.32 Å². The van der Waals surface area contributed by atoms with Gasteiger partial charge in [-0.3, -0.25) is 4.79 Å². The number of fused-ring (bicyclic) bond motifs is 1. The minimum Gasteiger partial charge on any atom is -0.465 e. The maximum atomic E-state index is 12.9. The maximum Gasteiger partial charge on any atom is 0.337 e. The standard InChI is InChI=1S/C21H16ClNO5/c1-27-20(25)12-9-13(21(26)28-2)11-14(10-12)23-19(24)17-7-3-6-16-15(17)5-4-8-18(16)22/h3-11H,1-2H3,(H,23,24). The zero-order valence-electron chi connectivity index (χ0n) is 15.1. The summed E-state index contributed by atoms with van der Waals surface area (Å²) in [4.78, 5) is 36.6. The van der Waals surface area contributed by atoms with Crippen molar-refractivity contribution in [1.82, 2.24) is 0 Å². The lowest BCUT2D eigenvalue weighted by Gasteiger charge is -2.11. The van der Waals surface area contributed by atoms with Crippen molar-refractivity contribution in [2.24, 2.45) is 0 Å². The first-order chi connectivity index (χ1) is 13.4. The van der Waals surface area contributed by atoms with Crippen molar-refractivity contribution in [3.05, 3.63) is 76.3 Å². The third-order valence-corrected chi connectivity index (χ3v) is 4.48. The molecule has 0 saturated heterocycles. The Morgan fingerprint density at radius 1 is 0.821 bits per heavy atom. The van der Waals surface area contributed by atoms with Crippen LogP contribution in [-0.2, 0) is 9.47 Å². The lowest BCUT2D eigenvalue weighted by Crippen LogP contribution is -2.14. The Labute approximate surface area is 166 Å². The molecule has 0 radical (unpaired) electrons. The van der Waals surface area contributed by atoms with Gasteiger partial charge in [-0.05, 0) is 35.7 Å². The van der Waals surface area contributed by atoms with Crippen LogP contribution in [0.3, 0.4) is 0 Å². The van der Waals surface area contributed by atoms with Gasteiger partial charge in [0.1, 0.15) is 0 Å². The number of methoxy groups -OCH3 is 2. The molecule has 0 aliphatic heterocycles. The van der Waals surface area contributed by atoms with Crippen molar-refractivity contribution in [2.75, 3.05) is 19.5 Å². The maximum absolute atomic E-state index is 12.9. The monoisotopic (exact) mass is 397 g/mol. The Morgan fingerprint density at radius 2 is 1.39 bits per heavy atom. The van der Waals surface area contributed by atoms with E-state index in [0.29, 0.717) is 16.0 Å². The quantitative estimate of drug-likeness (QED) is 0.663. The second-order valence-corrected chi connectivity index (χ2v) is 6.28. The van der Waals surface area contributed by atoms with Gasteiger partial charge in [0, 0.05) is 21.7 Å². The van der Waals surface area contributed by atoms with Crippen LogP contribution in [0.5, 0.6) is 0 Å². The third-order valence-electron chi connectivity index (χ3n) is 4.15. The number of ether oxygens (including phenoxy) is 2. The molecule has 1 amide bonds. The van der Waals surface area contributed by atoms with Gasteiger partial charge in [-0.25, -0.2) is 9.59 Å². The summed E-state index contributed by atoms with van der Waals surface area (Å²) in [5.74, 6) is -1.69. The molecular formula is C21H16ClNO5. The molecule has 3 aromatic carbocycles. The van der Waals surface area contributed by atoms with E-state index in [1.165, 1.54) is 32.4 Å². The Hall–Kier alpha value is -3.38. The lowest BCUT2D eigenvalue weighted by molar-refractivity contribution is 0.0599. The van der Waals surface area contributed by atoms with E-state index in [4.69, 9.17) is 21.1 Å². The Morgan fingerprint density at radius 3 is 2.00 bits per heavy atom. The summed E-state index contributed by atoms with van der Waals surface area (Å²) in [7, 11) is 2.45. The molecule has 28 heavy (non-hydrogen) atoms. The molecular weight excluding hydrogens is 382 g/mol. The summed E-state index contributed by atoms with van der Waals surface area (Å²) in [5.41, 5.74) is 0.888. The molecule has 0 aliphatic rings. The zero-order valence-corrected chi connectivity index (χ0v) is 15.9. The van der Waals surface area contributed by atoms with Crippen LogP contribution in [0.4, 0.5) is 5.69 Å². The summed E-state index contributed by atoms with van der Waals surface area (Å²) in [6, 6.07) is 14.7. The number of hydrogen-bond acceptors (Lipinski definition) is 5. The second-order valence-electron chi connectivity index (χ2n) is 5.88. The van der Waals surface area contributed by atoms with Crippen LogP contribution in [0.25, 0.3) is 10.8 Å². The topological polar surface area (TPSA) is 81.7 Å². The third kappa shape index (κ3) is 3.82. The lowest BCUT2D eigenvalue weighted by atomic mass is 10.0. The van der Waals surface area contributed by atoms with Gasteiger partial charge in [-0.1, -0.05) is 35.9 Å². The molecule has 0 unspecified atom stereocenters. The number of amides is 1. The summed E-state index contributed by atoms with van der Waals surface area (Å²) in [6.45, 7) is 0. The van der Waals surface area contributed by atoms with Crippen LogP contribution in [0.1, 0.15) is 31.1 Å². The zero-order chi connectivity index (χ0) is 20.3. The largest absolute Gasteiger partial charge is 0.465 e. The Kier molecular flexibility index (Phi) is 5.61. The summed E-state index contributed by atoms with van der Waals surface area (Å²) < 4.78 is 9.40. The number of esters is 2. The fourth-order valence-electron chi connectivity index (χ4n) is 2.84. The first-order valence-corrected chi connectivity index (χ1v) is 8.62. The van der Waals surface area contributed by atoms with Crippen LogP contribution in [0, 0.1) is 0 Å².